The second-order valence-electron chi connectivity index (χ2n) is 5.75. The standard InChI is InChI=1S/C17H19NO2S/c1-3-12-6-7-15(9-13(12)4-1)20-10-14-11-21-17(18-14)16-5-2-8-19-16/h6-7,9,11,16H,1-5,8,10H2. The molecule has 0 N–H and O–H groups in total. The molecule has 0 saturated carbocycles. The van der Waals surface area contributed by atoms with E-state index in [9.17, 15) is 0 Å². The van der Waals surface area contributed by atoms with Crippen molar-refractivity contribution in [3.05, 3.63) is 45.4 Å². The van der Waals surface area contributed by atoms with E-state index in [0.717, 1.165) is 35.9 Å². The summed E-state index contributed by atoms with van der Waals surface area (Å²) in [5.74, 6) is 0.960. The van der Waals surface area contributed by atoms with Gasteiger partial charge in [0.25, 0.3) is 0 Å². The van der Waals surface area contributed by atoms with Gasteiger partial charge in [-0.15, -0.1) is 11.3 Å². The van der Waals surface area contributed by atoms with Crippen LogP contribution in [0.5, 0.6) is 5.75 Å². The molecule has 1 aliphatic heterocycles. The van der Waals surface area contributed by atoms with Crippen molar-refractivity contribution < 1.29 is 9.47 Å². The lowest BCUT2D eigenvalue weighted by atomic mass is 10.1. The summed E-state index contributed by atoms with van der Waals surface area (Å²) >= 11 is 1.69. The zero-order valence-electron chi connectivity index (χ0n) is 12.0. The van der Waals surface area contributed by atoms with Gasteiger partial charge in [-0.2, -0.15) is 0 Å². The summed E-state index contributed by atoms with van der Waals surface area (Å²) in [4.78, 5) is 4.65. The minimum atomic E-state index is 0.212. The molecule has 4 heteroatoms. The van der Waals surface area contributed by atoms with E-state index in [0.29, 0.717) is 6.61 Å². The summed E-state index contributed by atoms with van der Waals surface area (Å²) in [5, 5.41) is 3.18. The van der Waals surface area contributed by atoms with E-state index in [1.54, 1.807) is 11.3 Å². The molecule has 1 unspecified atom stereocenters. The highest BCUT2D eigenvalue weighted by Gasteiger charge is 2.21. The topological polar surface area (TPSA) is 31.4 Å². The van der Waals surface area contributed by atoms with E-state index in [2.05, 4.69) is 28.6 Å². The van der Waals surface area contributed by atoms with Crippen LogP contribution >= 0.6 is 11.3 Å². The molecule has 21 heavy (non-hydrogen) atoms. The van der Waals surface area contributed by atoms with E-state index >= 15 is 0 Å². The zero-order valence-corrected chi connectivity index (χ0v) is 12.8. The highest BCUT2D eigenvalue weighted by molar-refractivity contribution is 7.09. The summed E-state index contributed by atoms with van der Waals surface area (Å²) < 4.78 is 11.6. The van der Waals surface area contributed by atoms with Crippen molar-refractivity contribution in [2.45, 2.75) is 44.8 Å². The van der Waals surface area contributed by atoms with Gasteiger partial charge in [0.15, 0.2) is 0 Å². The van der Waals surface area contributed by atoms with Crippen LogP contribution in [0.15, 0.2) is 23.6 Å². The van der Waals surface area contributed by atoms with Crippen molar-refractivity contribution in [2.75, 3.05) is 6.61 Å². The third-order valence-corrected chi connectivity index (χ3v) is 5.22. The number of aromatic nitrogens is 1. The van der Waals surface area contributed by atoms with E-state index in [-0.39, 0.29) is 6.10 Å². The van der Waals surface area contributed by atoms with Crippen molar-refractivity contribution in [3.8, 4) is 5.75 Å². The summed E-state index contributed by atoms with van der Waals surface area (Å²) in [7, 11) is 0. The quantitative estimate of drug-likeness (QED) is 0.853. The van der Waals surface area contributed by atoms with E-state index in [4.69, 9.17) is 9.47 Å². The number of rotatable bonds is 4. The fraction of sp³-hybridized carbons (Fsp3) is 0.471. The van der Waals surface area contributed by atoms with Crippen molar-refractivity contribution in [2.24, 2.45) is 0 Å². The van der Waals surface area contributed by atoms with Gasteiger partial charge >= 0.3 is 0 Å². The predicted octanol–water partition coefficient (Wildman–Crippen LogP) is 4.06. The molecule has 1 atom stereocenters. The molecule has 1 fully saturated rings. The Morgan fingerprint density at radius 2 is 2.19 bits per heavy atom. The van der Waals surface area contributed by atoms with Crippen LogP contribution in [0.25, 0.3) is 0 Å². The molecule has 2 heterocycles. The average Bonchev–Trinajstić information content (AvgIpc) is 3.24. The van der Waals surface area contributed by atoms with E-state index in [1.165, 1.54) is 30.4 Å². The number of benzene rings is 1. The molecule has 0 spiro atoms. The lowest BCUT2D eigenvalue weighted by Gasteiger charge is -2.07. The van der Waals surface area contributed by atoms with Crippen LogP contribution < -0.4 is 4.74 Å². The molecule has 1 aliphatic carbocycles. The first-order valence-electron chi connectivity index (χ1n) is 7.69. The smallest absolute Gasteiger partial charge is 0.131 e. The Hall–Kier alpha value is -1.39. The maximum atomic E-state index is 5.90. The van der Waals surface area contributed by atoms with Gasteiger partial charge in [-0.3, -0.25) is 0 Å². The predicted molar refractivity (Wildman–Crippen MR) is 82.8 cm³/mol. The third kappa shape index (κ3) is 2.83. The van der Waals surface area contributed by atoms with Crippen LogP contribution in [-0.2, 0) is 24.2 Å². The Balaban J connectivity index is 1.40. The summed E-state index contributed by atoms with van der Waals surface area (Å²) in [5.41, 5.74) is 3.94. The number of ether oxygens (including phenoxy) is 2. The van der Waals surface area contributed by atoms with E-state index < -0.39 is 0 Å². The minimum absolute atomic E-state index is 0.212. The Morgan fingerprint density at radius 3 is 3.10 bits per heavy atom. The molecule has 2 aliphatic rings. The number of thiazole rings is 1. The van der Waals surface area contributed by atoms with Gasteiger partial charge in [0.2, 0.25) is 0 Å². The molecule has 0 amide bonds. The Kier molecular flexibility index (Phi) is 3.65. The highest BCUT2D eigenvalue weighted by Crippen LogP contribution is 2.31. The Morgan fingerprint density at radius 1 is 1.24 bits per heavy atom. The van der Waals surface area contributed by atoms with Gasteiger partial charge in [0.1, 0.15) is 23.5 Å². The van der Waals surface area contributed by atoms with Crippen molar-refractivity contribution in [1.82, 2.24) is 4.98 Å². The van der Waals surface area contributed by atoms with Crippen LogP contribution in [0.2, 0.25) is 0 Å². The lowest BCUT2D eigenvalue weighted by molar-refractivity contribution is 0.111. The monoisotopic (exact) mass is 301 g/mol. The Bertz CT molecular complexity index is 631. The zero-order chi connectivity index (χ0) is 14.1. The third-order valence-electron chi connectivity index (χ3n) is 4.23. The SMILES string of the molecule is c1cc2c(cc1OCc1csc(C3CCCO3)n1)CCC2. The fourth-order valence-corrected chi connectivity index (χ4v) is 3.99. The van der Waals surface area contributed by atoms with Gasteiger partial charge in [0.05, 0.1) is 5.69 Å². The van der Waals surface area contributed by atoms with Gasteiger partial charge < -0.3 is 9.47 Å². The van der Waals surface area contributed by atoms with Crippen LogP contribution in [0.1, 0.15) is 47.2 Å². The van der Waals surface area contributed by atoms with Crippen LogP contribution in [0.3, 0.4) is 0 Å². The molecule has 3 nitrogen and oxygen atoms in total. The average molecular weight is 301 g/mol. The molecule has 110 valence electrons. The van der Waals surface area contributed by atoms with Crippen molar-refractivity contribution in [1.29, 1.82) is 0 Å². The Labute approximate surface area is 128 Å². The molecule has 4 rings (SSSR count). The number of hydrogen-bond donors (Lipinski definition) is 0. The maximum Gasteiger partial charge on any atom is 0.131 e. The molecular formula is C17H19NO2S. The number of nitrogens with zero attached hydrogens (tertiary/aromatic N) is 1. The second-order valence-corrected chi connectivity index (χ2v) is 6.64. The van der Waals surface area contributed by atoms with Crippen LogP contribution in [-0.4, -0.2) is 11.6 Å². The van der Waals surface area contributed by atoms with Crippen molar-refractivity contribution >= 4 is 11.3 Å². The number of aryl methyl sites for hydroxylation is 2. The van der Waals surface area contributed by atoms with E-state index in [1.807, 2.05) is 0 Å². The molecular weight excluding hydrogens is 282 g/mol. The maximum absolute atomic E-state index is 5.90. The van der Waals surface area contributed by atoms with Crippen LogP contribution in [0, 0.1) is 0 Å². The first-order valence-corrected chi connectivity index (χ1v) is 8.57. The lowest BCUT2D eigenvalue weighted by Crippen LogP contribution is -1.99. The van der Waals surface area contributed by atoms with Crippen molar-refractivity contribution in [3.63, 3.8) is 0 Å². The molecule has 2 aromatic rings. The first-order chi connectivity index (χ1) is 10.4. The van der Waals surface area contributed by atoms with Gasteiger partial charge in [-0.05, 0) is 55.4 Å². The largest absolute Gasteiger partial charge is 0.487 e. The highest BCUT2D eigenvalue weighted by atomic mass is 32.1. The summed E-state index contributed by atoms with van der Waals surface area (Å²) in [6, 6.07) is 6.48. The molecule has 0 radical (unpaired) electrons. The van der Waals surface area contributed by atoms with Gasteiger partial charge in [-0.25, -0.2) is 4.98 Å². The minimum Gasteiger partial charge on any atom is -0.487 e. The second kappa shape index (κ2) is 5.78. The molecule has 1 saturated heterocycles. The summed E-state index contributed by atoms with van der Waals surface area (Å²) in [6.07, 6.45) is 6.13. The number of fused-ring (bicyclic) bond motifs is 1. The normalized spacial score (nSPS) is 20.7. The molecule has 1 aromatic heterocycles. The number of hydrogen-bond acceptors (Lipinski definition) is 4. The van der Waals surface area contributed by atoms with Crippen LogP contribution in [0.4, 0.5) is 0 Å². The molecule has 1 aromatic carbocycles. The molecule has 0 bridgehead atoms. The fourth-order valence-electron chi connectivity index (χ4n) is 3.10. The summed E-state index contributed by atoms with van der Waals surface area (Å²) in [6.45, 7) is 1.41. The van der Waals surface area contributed by atoms with Gasteiger partial charge in [-0.1, -0.05) is 6.07 Å². The first kappa shape index (κ1) is 13.3. The van der Waals surface area contributed by atoms with Gasteiger partial charge in [0, 0.05) is 12.0 Å².